The summed E-state index contributed by atoms with van der Waals surface area (Å²) in [7, 11) is 0. The molecule has 98 valence electrons. The quantitative estimate of drug-likeness (QED) is 0.463. The first-order valence-electron chi connectivity index (χ1n) is 5.27. The van der Waals surface area contributed by atoms with Gasteiger partial charge in [0.25, 0.3) is 0 Å². The minimum atomic E-state index is -0.562. The van der Waals surface area contributed by atoms with Crippen molar-refractivity contribution in [1.29, 1.82) is 0 Å². The number of aromatic nitrogens is 1. The van der Waals surface area contributed by atoms with E-state index in [1.807, 2.05) is 6.92 Å². The van der Waals surface area contributed by atoms with Gasteiger partial charge in [0.05, 0.1) is 10.6 Å². The number of ether oxygens (including phenoxy) is 1. The molecule has 0 aliphatic heterocycles. The van der Waals surface area contributed by atoms with Gasteiger partial charge >= 0.3 is 5.97 Å². The summed E-state index contributed by atoms with van der Waals surface area (Å²) < 4.78 is 5.19. The van der Waals surface area contributed by atoms with E-state index in [9.17, 15) is 4.79 Å². The third-order valence-corrected chi connectivity index (χ3v) is 3.48. The Labute approximate surface area is 125 Å². The second kappa shape index (κ2) is 5.78. The molecule has 0 saturated carbocycles. The predicted molar refractivity (Wildman–Crippen MR) is 75.4 cm³/mol. The van der Waals surface area contributed by atoms with Gasteiger partial charge in [0.1, 0.15) is 10.9 Å². The van der Waals surface area contributed by atoms with Crippen molar-refractivity contribution in [2.45, 2.75) is 6.92 Å². The van der Waals surface area contributed by atoms with Crippen LogP contribution in [0.1, 0.15) is 15.9 Å². The van der Waals surface area contributed by atoms with Crippen molar-refractivity contribution in [1.82, 2.24) is 4.98 Å². The third-order valence-electron chi connectivity index (χ3n) is 2.37. The SMILES string of the molecule is Cc1cc(OC(=O)c2cnc(Cl)c(Cl)c2)ccc1Cl. The molecule has 0 aliphatic carbocycles. The first-order valence-corrected chi connectivity index (χ1v) is 6.40. The fourth-order valence-electron chi connectivity index (χ4n) is 1.38. The fourth-order valence-corrected chi connectivity index (χ4v) is 1.77. The number of esters is 1. The summed E-state index contributed by atoms with van der Waals surface area (Å²) in [5.41, 5.74) is 1.04. The number of nitrogens with zero attached hydrogens (tertiary/aromatic N) is 1. The van der Waals surface area contributed by atoms with Crippen molar-refractivity contribution in [3.63, 3.8) is 0 Å². The number of pyridine rings is 1. The van der Waals surface area contributed by atoms with Gasteiger partial charge in [-0.05, 0) is 36.8 Å². The number of hydrogen-bond donors (Lipinski definition) is 0. The maximum absolute atomic E-state index is 11.9. The molecule has 0 atom stereocenters. The van der Waals surface area contributed by atoms with Crippen LogP contribution in [-0.4, -0.2) is 11.0 Å². The highest BCUT2D eigenvalue weighted by Gasteiger charge is 2.12. The molecular weight excluding hydrogens is 309 g/mol. The molecule has 0 aliphatic rings. The summed E-state index contributed by atoms with van der Waals surface area (Å²) in [5, 5.41) is 0.944. The summed E-state index contributed by atoms with van der Waals surface area (Å²) >= 11 is 17.4. The van der Waals surface area contributed by atoms with Gasteiger partial charge < -0.3 is 4.74 Å². The lowest BCUT2D eigenvalue weighted by molar-refractivity contribution is 0.0734. The molecule has 1 heterocycles. The summed E-state index contributed by atoms with van der Waals surface area (Å²) in [5.74, 6) is -0.161. The van der Waals surface area contributed by atoms with E-state index < -0.39 is 5.97 Å². The maximum atomic E-state index is 11.9. The number of benzene rings is 1. The number of hydrogen-bond acceptors (Lipinski definition) is 3. The van der Waals surface area contributed by atoms with Crippen LogP contribution in [0, 0.1) is 6.92 Å². The van der Waals surface area contributed by atoms with E-state index in [-0.39, 0.29) is 15.7 Å². The first kappa shape index (κ1) is 14.1. The van der Waals surface area contributed by atoms with Crippen LogP contribution in [0.5, 0.6) is 5.75 Å². The Kier molecular flexibility index (Phi) is 4.30. The average Bonchev–Trinajstić information content (AvgIpc) is 2.37. The molecule has 0 bridgehead atoms. The minimum Gasteiger partial charge on any atom is -0.423 e. The number of halogens is 3. The summed E-state index contributed by atoms with van der Waals surface area (Å²) in [6.07, 6.45) is 1.30. The number of rotatable bonds is 2. The Hall–Kier alpha value is -1.29. The smallest absolute Gasteiger partial charge is 0.345 e. The van der Waals surface area contributed by atoms with Crippen molar-refractivity contribution in [2.75, 3.05) is 0 Å². The number of aryl methyl sites for hydroxylation is 1. The van der Waals surface area contributed by atoms with Crippen molar-refractivity contribution in [2.24, 2.45) is 0 Å². The molecule has 0 fully saturated rings. The minimum absolute atomic E-state index is 0.139. The van der Waals surface area contributed by atoms with E-state index in [2.05, 4.69) is 4.98 Å². The van der Waals surface area contributed by atoms with Crippen LogP contribution in [0.4, 0.5) is 0 Å². The van der Waals surface area contributed by atoms with Crippen LogP contribution < -0.4 is 4.74 Å². The molecule has 19 heavy (non-hydrogen) atoms. The van der Waals surface area contributed by atoms with Gasteiger partial charge in [0.2, 0.25) is 0 Å². The molecule has 0 amide bonds. The molecule has 1 aromatic heterocycles. The van der Waals surface area contributed by atoms with Gasteiger partial charge in [-0.25, -0.2) is 9.78 Å². The molecule has 0 unspecified atom stereocenters. The number of carbonyl (C=O) groups excluding carboxylic acids is 1. The highest BCUT2D eigenvalue weighted by atomic mass is 35.5. The third kappa shape index (κ3) is 3.38. The maximum Gasteiger partial charge on any atom is 0.345 e. The summed E-state index contributed by atoms with van der Waals surface area (Å²) in [6.45, 7) is 1.82. The van der Waals surface area contributed by atoms with E-state index in [1.54, 1.807) is 18.2 Å². The van der Waals surface area contributed by atoms with Gasteiger partial charge in [0, 0.05) is 11.2 Å². The van der Waals surface area contributed by atoms with Gasteiger partial charge in [-0.2, -0.15) is 0 Å². The molecule has 1 aromatic carbocycles. The summed E-state index contributed by atoms with van der Waals surface area (Å²) in [4.78, 5) is 15.7. The molecule has 3 nitrogen and oxygen atoms in total. The van der Waals surface area contributed by atoms with Crippen molar-refractivity contribution in [3.05, 3.63) is 56.8 Å². The molecule has 0 N–H and O–H groups in total. The van der Waals surface area contributed by atoms with Crippen LogP contribution in [0.2, 0.25) is 15.2 Å². The zero-order valence-electron chi connectivity index (χ0n) is 9.78. The first-order chi connectivity index (χ1) is 8.97. The van der Waals surface area contributed by atoms with Crippen LogP contribution in [0.25, 0.3) is 0 Å². The second-order valence-electron chi connectivity index (χ2n) is 3.80. The van der Waals surface area contributed by atoms with Crippen LogP contribution in [0.15, 0.2) is 30.5 Å². The lowest BCUT2D eigenvalue weighted by Gasteiger charge is -2.06. The van der Waals surface area contributed by atoms with E-state index in [4.69, 9.17) is 39.5 Å². The number of carbonyl (C=O) groups is 1. The second-order valence-corrected chi connectivity index (χ2v) is 4.97. The lowest BCUT2D eigenvalue weighted by Crippen LogP contribution is -2.09. The Morgan fingerprint density at radius 2 is 1.89 bits per heavy atom. The highest BCUT2D eigenvalue weighted by molar-refractivity contribution is 6.41. The topological polar surface area (TPSA) is 39.2 Å². The van der Waals surface area contributed by atoms with Gasteiger partial charge in [-0.3, -0.25) is 0 Å². The molecule has 0 saturated heterocycles. The molecule has 0 spiro atoms. The predicted octanol–water partition coefficient (Wildman–Crippen LogP) is 4.57. The molecule has 6 heteroatoms. The molecule has 2 rings (SSSR count). The van der Waals surface area contributed by atoms with E-state index in [0.29, 0.717) is 10.8 Å². The van der Waals surface area contributed by atoms with Gasteiger partial charge in [0.15, 0.2) is 0 Å². The fraction of sp³-hybridized carbons (Fsp3) is 0.0769. The normalized spacial score (nSPS) is 10.3. The molecule has 0 radical (unpaired) electrons. The Balaban J connectivity index is 2.20. The van der Waals surface area contributed by atoms with Gasteiger partial charge in [-0.1, -0.05) is 34.8 Å². The standard InChI is InChI=1S/C13H8Cl3NO2/c1-7-4-9(2-3-10(7)14)19-13(18)8-5-11(15)12(16)17-6-8/h2-6H,1H3. The summed E-state index contributed by atoms with van der Waals surface area (Å²) in [6, 6.07) is 6.35. The molecule has 2 aromatic rings. The Morgan fingerprint density at radius 3 is 2.53 bits per heavy atom. The van der Waals surface area contributed by atoms with Crippen LogP contribution in [0.3, 0.4) is 0 Å². The average molecular weight is 317 g/mol. The monoisotopic (exact) mass is 315 g/mol. The van der Waals surface area contributed by atoms with E-state index >= 15 is 0 Å². The largest absolute Gasteiger partial charge is 0.423 e. The van der Waals surface area contributed by atoms with Crippen molar-refractivity contribution < 1.29 is 9.53 Å². The zero-order valence-corrected chi connectivity index (χ0v) is 12.1. The lowest BCUT2D eigenvalue weighted by atomic mass is 10.2. The van der Waals surface area contributed by atoms with E-state index in [1.165, 1.54) is 12.3 Å². The van der Waals surface area contributed by atoms with Crippen LogP contribution in [-0.2, 0) is 0 Å². The van der Waals surface area contributed by atoms with Crippen LogP contribution >= 0.6 is 34.8 Å². The van der Waals surface area contributed by atoms with Crippen molar-refractivity contribution in [3.8, 4) is 5.75 Å². The highest BCUT2D eigenvalue weighted by Crippen LogP contribution is 2.23. The van der Waals surface area contributed by atoms with Gasteiger partial charge in [-0.15, -0.1) is 0 Å². The molecular formula is C13H8Cl3NO2. The van der Waals surface area contributed by atoms with Crippen molar-refractivity contribution >= 4 is 40.8 Å². The Bertz CT molecular complexity index is 644. The Morgan fingerprint density at radius 1 is 1.16 bits per heavy atom. The zero-order chi connectivity index (χ0) is 14.0. The van der Waals surface area contributed by atoms with E-state index in [0.717, 1.165) is 5.56 Å².